The summed E-state index contributed by atoms with van der Waals surface area (Å²) in [5.74, 6) is -2.05. The molecule has 4 aromatic carbocycles. The number of benzene rings is 4. The number of aliphatic hydroxyl groups is 3. The maximum atomic E-state index is 10.5. The number of carboxylic acids is 2. The topological polar surface area (TPSA) is 289 Å². The summed E-state index contributed by atoms with van der Waals surface area (Å²) in [4.78, 5) is 20.9. The lowest BCUT2D eigenvalue weighted by molar-refractivity contribution is 0.0685. The molecular formula is C29H38N4O9. The molecule has 0 atom stereocenters. The number of phenols is 2. The molecule has 0 aliphatic rings. The zero-order valence-electron chi connectivity index (χ0n) is 23.0. The predicted octanol–water partition coefficient (Wildman–Crippen LogP) is 3.06. The monoisotopic (exact) mass is 586 g/mol. The van der Waals surface area contributed by atoms with Gasteiger partial charge in [0.15, 0.2) is 0 Å². The van der Waals surface area contributed by atoms with Crippen molar-refractivity contribution in [2.24, 2.45) is 0 Å². The average Bonchev–Trinajstić information content (AvgIpc) is 2.97. The van der Waals surface area contributed by atoms with Crippen LogP contribution in [0.2, 0.25) is 0 Å². The lowest BCUT2D eigenvalue weighted by Crippen LogP contribution is -2.00. The molecule has 0 bridgehead atoms. The van der Waals surface area contributed by atoms with Crippen LogP contribution in [0.5, 0.6) is 11.5 Å². The van der Waals surface area contributed by atoms with E-state index < -0.39 is 11.9 Å². The molecule has 0 radical (unpaired) electrons. The van der Waals surface area contributed by atoms with Gasteiger partial charge in [0.1, 0.15) is 11.5 Å². The molecule has 13 nitrogen and oxygen atoms in total. The molecule has 0 saturated heterocycles. The minimum atomic E-state index is -1.08. The van der Waals surface area contributed by atoms with Crippen molar-refractivity contribution in [3.8, 4) is 11.5 Å². The fourth-order valence-corrected chi connectivity index (χ4v) is 2.66. The Morgan fingerprint density at radius 1 is 0.595 bits per heavy atom. The lowest BCUT2D eigenvalue weighted by atomic mass is 10.1. The Morgan fingerprint density at radius 2 is 1.05 bits per heavy atom. The smallest absolute Gasteiger partial charge is 0.335 e. The molecule has 42 heavy (non-hydrogen) atoms. The van der Waals surface area contributed by atoms with E-state index in [1.807, 2.05) is 30.3 Å². The highest BCUT2D eigenvalue weighted by atomic mass is 16.4. The molecule has 0 aliphatic carbocycles. The first-order valence-electron chi connectivity index (χ1n) is 11.7. The second kappa shape index (κ2) is 21.5. The van der Waals surface area contributed by atoms with Crippen molar-refractivity contribution in [2.75, 3.05) is 24.3 Å². The number of hydrogen-bond acceptors (Lipinski definition) is 11. The van der Waals surface area contributed by atoms with Gasteiger partial charge in [0.2, 0.25) is 0 Å². The van der Waals surface area contributed by atoms with Crippen LogP contribution in [0.25, 0.3) is 0 Å². The molecule has 0 unspecified atom stereocenters. The zero-order chi connectivity index (χ0) is 31.4. The first kappa shape index (κ1) is 38.8. The number of aromatic carboxylic acids is 2. The molecular weight excluding hydrogens is 548 g/mol. The summed E-state index contributed by atoms with van der Waals surface area (Å²) in [5.41, 5.74) is 18.6. The Balaban J connectivity index is 0. The second-order valence-corrected chi connectivity index (χ2v) is 7.65. The molecule has 0 fully saturated rings. The van der Waals surface area contributed by atoms with Gasteiger partial charge in [-0.3, -0.25) is 0 Å². The largest absolute Gasteiger partial charge is 0.508 e. The SMILES string of the molecule is CO.N.Nc1ccc(C(=O)O)cc1CO.Nc1ccccc1.Nc1ccccc1O.O=C(O)c1ccc(O)c(CO)c1. The van der Waals surface area contributed by atoms with E-state index in [1.165, 1.54) is 36.4 Å². The number of nitrogen functional groups attached to an aromatic ring is 3. The predicted molar refractivity (Wildman–Crippen MR) is 161 cm³/mol. The van der Waals surface area contributed by atoms with Gasteiger partial charge >= 0.3 is 11.9 Å². The summed E-state index contributed by atoms with van der Waals surface area (Å²) in [6, 6.07) is 24.2. The number of aromatic hydroxyl groups is 2. The molecule has 0 aliphatic heterocycles. The van der Waals surface area contributed by atoms with Gasteiger partial charge < -0.3 is 59.1 Å². The third-order valence-electron chi connectivity index (χ3n) is 4.79. The van der Waals surface area contributed by atoms with Gasteiger partial charge in [0.25, 0.3) is 0 Å². The van der Waals surface area contributed by atoms with E-state index in [4.69, 9.17) is 52.9 Å². The highest BCUT2D eigenvalue weighted by Gasteiger charge is 2.06. The highest BCUT2D eigenvalue weighted by Crippen LogP contribution is 2.18. The molecule has 0 saturated carbocycles. The van der Waals surface area contributed by atoms with E-state index in [-0.39, 0.29) is 47.6 Å². The summed E-state index contributed by atoms with van der Waals surface area (Å²) in [6.07, 6.45) is 0. The van der Waals surface area contributed by atoms with Gasteiger partial charge in [0.05, 0.1) is 30.0 Å². The Morgan fingerprint density at radius 3 is 1.43 bits per heavy atom. The number of hydrogen-bond donors (Lipinski definition) is 11. The van der Waals surface area contributed by atoms with Crippen molar-refractivity contribution in [1.29, 1.82) is 0 Å². The fourth-order valence-electron chi connectivity index (χ4n) is 2.66. The van der Waals surface area contributed by atoms with E-state index in [2.05, 4.69) is 0 Å². The third-order valence-corrected chi connectivity index (χ3v) is 4.79. The minimum absolute atomic E-state index is 0. The molecule has 0 spiro atoms. The van der Waals surface area contributed by atoms with Crippen LogP contribution in [0, 0.1) is 0 Å². The number of anilines is 3. The molecule has 4 aromatic rings. The quantitative estimate of drug-likeness (QED) is 0.121. The summed E-state index contributed by atoms with van der Waals surface area (Å²) < 4.78 is 0. The van der Waals surface area contributed by atoms with E-state index in [9.17, 15) is 9.59 Å². The van der Waals surface area contributed by atoms with Crippen LogP contribution in [-0.2, 0) is 13.2 Å². The summed E-state index contributed by atoms with van der Waals surface area (Å²) in [6.45, 7) is -0.611. The van der Waals surface area contributed by atoms with Gasteiger partial charge in [-0.1, -0.05) is 30.3 Å². The Bertz CT molecular complexity index is 1270. The van der Waals surface area contributed by atoms with E-state index in [0.717, 1.165) is 12.8 Å². The van der Waals surface area contributed by atoms with E-state index in [1.54, 1.807) is 24.3 Å². The molecule has 4 rings (SSSR count). The lowest BCUT2D eigenvalue weighted by Gasteiger charge is -2.02. The number of aliphatic hydroxyl groups excluding tert-OH is 3. The van der Waals surface area contributed by atoms with Crippen LogP contribution in [0.1, 0.15) is 31.8 Å². The van der Waals surface area contributed by atoms with Gasteiger partial charge in [-0.15, -0.1) is 0 Å². The number of carbonyl (C=O) groups is 2. The summed E-state index contributed by atoms with van der Waals surface area (Å²) >= 11 is 0. The average molecular weight is 587 g/mol. The molecule has 0 amide bonds. The maximum absolute atomic E-state index is 10.5. The Hall–Kier alpha value is -5.34. The van der Waals surface area contributed by atoms with Crippen LogP contribution >= 0.6 is 0 Å². The fraction of sp³-hybridized carbons (Fsp3) is 0.103. The van der Waals surface area contributed by atoms with E-state index in [0.29, 0.717) is 16.9 Å². The van der Waals surface area contributed by atoms with Crippen LogP contribution < -0.4 is 23.4 Å². The maximum Gasteiger partial charge on any atom is 0.335 e. The van der Waals surface area contributed by atoms with Gasteiger partial charge in [-0.2, -0.15) is 0 Å². The summed E-state index contributed by atoms with van der Waals surface area (Å²) in [7, 11) is 1.00. The van der Waals surface area contributed by atoms with Gasteiger partial charge in [0, 0.05) is 29.6 Å². The Labute approximate surface area is 242 Å². The first-order valence-corrected chi connectivity index (χ1v) is 11.7. The van der Waals surface area contributed by atoms with Crippen molar-refractivity contribution in [1.82, 2.24) is 6.15 Å². The van der Waals surface area contributed by atoms with Crippen molar-refractivity contribution < 1.29 is 45.3 Å². The van der Waals surface area contributed by atoms with Crippen LogP contribution in [0.15, 0.2) is 91.0 Å². The third kappa shape index (κ3) is 14.7. The van der Waals surface area contributed by atoms with Crippen molar-refractivity contribution in [3.05, 3.63) is 113 Å². The minimum Gasteiger partial charge on any atom is -0.508 e. The van der Waals surface area contributed by atoms with Crippen molar-refractivity contribution in [2.45, 2.75) is 13.2 Å². The number of phenolic OH excluding ortho intramolecular Hbond substituents is 1. The zero-order valence-corrected chi connectivity index (χ0v) is 23.0. The molecule has 13 heteroatoms. The second-order valence-electron chi connectivity index (χ2n) is 7.65. The van der Waals surface area contributed by atoms with Crippen LogP contribution in [-0.4, -0.2) is 54.8 Å². The van der Waals surface area contributed by atoms with Crippen LogP contribution in [0.4, 0.5) is 17.1 Å². The number of nitrogens with two attached hydrogens (primary N) is 3. The molecule has 16 N–H and O–H groups in total. The van der Waals surface area contributed by atoms with Crippen molar-refractivity contribution >= 4 is 29.0 Å². The van der Waals surface area contributed by atoms with E-state index >= 15 is 0 Å². The van der Waals surface area contributed by atoms with Crippen molar-refractivity contribution in [3.63, 3.8) is 0 Å². The molecule has 0 aromatic heterocycles. The number of rotatable bonds is 4. The normalized spacial score (nSPS) is 8.86. The number of carboxylic acid groups (broad SMARTS) is 2. The molecule has 0 heterocycles. The Kier molecular flexibility index (Phi) is 19.8. The van der Waals surface area contributed by atoms with Gasteiger partial charge in [-0.25, -0.2) is 9.59 Å². The van der Waals surface area contributed by atoms with Crippen LogP contribution in [0.3, 0.4) is 0 Å². The standard InChI is InChI=1S/C8H9NO3.C8H8O4.C6H7NO.C6H7N.CH4O.H3N/c9-7-2-1-5(8(11)12)3-6(7)4-10;9-4-6-3-5(8(11)12)1-2-7(6)10;7-5-3-1-2-4-6(5)8;7-6-4-2-1-3-5-6;1-2;/h1-3,10H,4,9H2,(H,11,12);1-3,9-10H,4H2,(H,11,12);1-4,8H,7H2;1-5H,7H2;2H,1H3;1H3. The first-order chi connectivity index (χ1) is 19.5. The van der Waals surface area contributed by atoms with Gasteiger partial charge in [-0.05, 0) is 60.7 Å². The highest BCUT2D eigenvalue weighted by molar-refractivity contribution is 5.88. The molecule has 228 valence electrons. The summed E-state index contributed by atoms with van der Waals surface area (Å²) in [5, 5.41) is 59.4. The number of para-hydroxylation sites is 3.